The molecule has 0 heterocycles. The molecule has 0 aliphatic rings. The Morgan fingerprint density at radius 3 is 1.96 bits per heavy atom. The third-order valence-electron chi connectivity index (χ3n) is 3.77. The smallest absolute Gasteiger partial charge is 0.330 e. The van der Waals surface area contributed by atoms with Gasteiger partial charge in [0.15, 0.2) is 0 Å². The molecule has 4 nitrogen and oxygen atoms in total. The van der Waals surface area contributed by atoms with E-state index in [2.05, 4.69) is 33.9 Å². The van der Waals surface area contributed by atoms with Crippen molar-refractivity contribution in [1.82, 2.24) is 4.90 Å². The summed E-state index contributed by atoms with van der Waals surface area (Å²) in [5.74, 6) is -0.423. The van der Waals surface area contributed by atoms with Gasteiger partial charge in [-0.05, 0) is 11.1 Å². The molecule has 0 amide bonds. The first-order chi connectivity index (χ1) is 11.7. The Labute approximate surface area is 143 Å². The Balaban J connectivity index is 2.19. The van der Waals surface area contributed by atoms with Crippen molar-refractivity contribution < 1.29 is 14.6 Å². The van der Waals surface area contributed by atoms with Crippen LogP contribution in [0.3, 0.4) is 0 Å². The van der Waals surface area contributed by atoms with Gasteiger partial charge >= 0.3 is 5.97 Å². The summed E-state index contributed by atoms with van der Waals surface area (Å²) in [5, 5.41) is 9.79. The monoisotopic (exact) mass is 325 g/mol. The number of benzene rings is 2. The number of esters is 1. The molecule has 2 aromatic rings. The summed E-state index contributed by atoms with van der Waals surface area (Å²) in [4.78, 5) is 13.5. The first-order valence-electron chi connectivity index (χ1n) is 7.92. The molecular weight excluding hydrogens is 302 g/mol. The number of hydrogen-bond donors (Lipinski definition) is 1. The minimum Gasteiger partial charge on any atom is -0.466 e. The summed E-state index contributed by atoms with van der Waals surface area (Å²) >= 11 is 0. The maximum absolute atomic E-state index is 11.4. The second-order valence-corrected chi connectivity index (χ2v) is 5.51. The first-order valence-corrected chi connectivity index (χ1v) is 7.92. The maximum Gasteiger partial charge on any atom is 0.330 e. The molecule has 4 heteroatoms. The normalized spacial score (nSPS) is 12.5. The van der Waals surface area contributed by atoms with Gasteiger partial charge in [-0.3, -0.25) is 4.90 Å². The van der Waals surface area contributed by atoms with Gasteiger partial charge in [-0.25, -0.2) is 4.79 Å². The van der Waals surface area contributed by atoms with Crippen LogP contribution in [-0.2, 0) is 22.6 Å². The molecule has 0 bridgehead atoms. The average Bonchev–Trinajstić information content (AvgIpc) is 2.63. The van der Waals surface area contributed by atoms with Crippen LogP contribution in [0.25, 0.3) is 0 Å². The van der Waals surface area contributed by atoms with Crippen LogP contribution in [0.5, 0.6) is 0 Å². The average molecular weight is 325 g/mol. The summed E-state index contributed by atoms with van der Waals surface area (Å²) in [6.07, 6.45) is 3.06. The van der Waals surface area contributed by atoms with Gasteiger partial charge in [0.2, 0.25) is 0 Å². The van der Waals surface area contributed by atoms with Gasteiger partial charge in [0.1, 0.15) is 0 Å². The number of carbonyl (C=O) groups excluding carboxylic acids is 1. The second kappa shape index (κ2) is 9.65. The molecule has 2 rings (SSSR count). The highest BCUT2D eigenvalue weighted by atomic mass is 16.5. The Morgan fingerprint density at radius 1 is 1.04 bits per heavy atom. The number of aliphatic hydroxyl groups excluding tert-OH is 1. The Morgan fingerprint density at radius 2 is 1.54 bits per heavy atom. The number of nitrogens with zero attached hydrogens (tertiary/aromatic N) is 1. The van der Waals surface area contributed by atoms with Crippen molar-refractivity contribution in [2.45, 2.75) is 19.1 Å². The quantitative estimate of drug-likeness (QED) is 0.599. The lowest BCUT2D eigenvalue weighted by molar-refractivity contribution is -0.134. The van der Waals surface area contributed by atoms with Crippen LogP contribution in [0.1, 0.15) is 11.1 Å². The summed E-state index contributed by atoms with van der Waals surface area (Å²) in [5.41, 5.74) is 2.30. The Hall–Kier alpha value is -2.43. The van der Waals surface area contributed by atoms with Crippen molar-refractivity contribution in [1.29, 1.82) is 0 Å². The number of aliphatic hydroxyl groups is 1. The Bertz CT molecular complexity index is 599. The number of hydrogen-bond acceptors (Lipinski definition) is 4. The molecule has 0 aliphatic heterocycles. The van der Waals surface area contributed by atoms with Crippen molar-refractivity contribution in [2.24, 2.45) is 0 Å². The van der Waals surface area contributed by atoms with Crippen molar-refractivity contribution in [3.05, 3.63) is 83.9 Å². The van der Waals surface area contributed by atoms with E-state index in [0.29, 0.717) is 13.1 Å². The van der Waals surface area contributed by atoms with Crippen molar-refractivity contribution in [3.63, 3.8) is 0 Å². The highest BCUT2D eigenvalue weighted by Crippen LogP contribution is 2.14. The summed E-state index contributed by atoms with van der Waals surface area (Å²) < 4.78 is 4.64. The molecule has 1 atom stereocenters. The van der Waals surface area contributed by atoms with Gasteiger partial charge in [-0.1, -0.05) is 66.7 Å². The summed E-state index contributed by atoms with van der Waals surface area (Å²) in [6, 6.07) is 19.9. The van der Waals surface area contributed by atoms with Crippen LogP contribution in [0.4, 0.5) is 0 Å². The molecule has 0 aromatic heterocycles. The van der Waals surface area contributed by atoms with E-state index in [1.54, 1.807) is 6.08 Å². The van der Waals surface area contributed by atoms with Gasteiger partial charge in [0, 0.05) is 19.2 Å². The molecule has 2 aromatic carbocycles. The number of rotatable bonds is 8. The molecule has 0 spiro atoms. The Kier molecular flexibility index (Phi) is 7.21. The maximum atomic E-state index is 11.4. The molecule has 0 radical (unpaired) electrons. The molecule has 126 valence electrons. The van der Waals surface area contributed by atoms with E-state index in [0.717, 1.165) is 11.1 Å². The van der Waals surface area contributed by atoms with E-state index in [9.17, 15) is 9.90 Å². The van der Waals surface area contributed by atoms with E-state index in [1.807, 2.05) is 36.4 Å². The lowest BCUT2D eigenvalue weighted by Gasteiger charge is -2.28. The van der Waals surface area contributed by atoms with E-state index in [-0.39, 0.29) is 12.6 Å². The molecule has 24 heavy (non-hydrogen) atoms. The third kappa shape index (κ3) is 5.65. The fourth-order valence-corrected chi connectivity index (χ4v) is 2.48. The minimum absolute atomic E-state index is 0.0762. The van der Waals surface area contributed by atoms with Gasteiger partial charge in [-0.2, -0.15) is 0 Å². The zero-order valence-corrected chi connectivity index (χ0v) is 13.8. The lowest BCUT2D eigenvalue weighted by atomic mass is 10.1. The minimum atomic E-state index is -0.423. The summed E-state index contributed by atoms with van der Waals surface area (Å²) in [7, 11) is 1.34. The van der Waals surface area contributed by atoms with E-state index in [1.165, 1.54) is 13.2 Å². The van der Waals surface area contributed by atoms with Crippen molar-refractivity contribution in [2.75, 3.05) is 13.7 Å². The lowest BCUT2D eigenvalue weighted by Crippen LogP contribution is -2.35. The first kappa shape index (κ1) is 17.9. The van der Waals surface area contributed by atoms with Gasteiger partial charge in [0.25, 0.3) is 0 Å². The van der Waals surface area contributed by atoms with Crippen molar-refractivity contribution >= 4 is 5.97 Å². The fourth-order valence-electron chi connectivity index (χ4n) is 2.48. The molecule has 0 saturated heterocycles. The standard InChI is InChI=1S/C20H23NO3/c1-24-20(23)13-12-19(16-22)21(14-17-8-4-2-5-9-17)15-18-10-6-3-7-11-18/h2-13,19,22H,14-16H2,1H3/b13-12+/t19-/m1/s1. The molecule has 1 N–H and O–H groups in total. The van der Waals surface area contributed by atoms with Crippen molar-refractivity contribution in [3.8, 4) is 0 Å². The predicted molar refractivity (Wildman–Crippen MR) is 94.2 cm³/mol. The van der Waals surface area contributed by atoms with Crippen LogP contribution in [-0.4, -0.2) is 35.7 Å². The highest BCUT2D eigenvalue weighted by Gasteiger charge is 2.16. The largest absolute Gasteiger partial charge is 0.466 e. The highest BCUT2D eigenvalue weighted by molar-refractivity contribution is 5.81. The predicted octanol–water partition coefficient (Wildman–Crippen LogP) is 2.78. The SMILES string of the molecule is COC(=O)/C=C/[C@H](CO)N(Cc1ccccc1)Cc1ccccc1. The van der Waals surface area contributed by atoms with Crippen LogP contribution < -0.4 is 0 Å². The van der Waals surface area contributed by atoms with Crippen LogP contribution >= 0.6 is 0 Å². The molecule has 0 aliphatic carbocycles. The zero-order chi connectivity index (χ0) is 17.2. The second-order valence-electron chi connectivity index (χ2n) is 5.51. The van der Waals surface area contributed by atoms with E-state index < -0.39 is 5.97 Å². The fraction of sp³-hybridized carbons (Fsp3) is 0.250. The van der Waals surface area contributed by atoms with Gasteiger partial charge in [0.05, 0.1) is 19.8 Å². The molecule has 0 fully saturated rings. The molecule has 0 unspecified atom stereocenters. The van der Waals surface area contributed by atoms with E-state index in [4.69, 9.17) is 0 Å². The van der Waals surface area contributed by atoms with Gasteiger partial charge < -0.3 is 9.84 Å². The van der Waals surface area contributed by atoms with Crippen LogP contribution in [0.2, 0.25) is 0 Å². The van der Waals surface area contributed by atoms with E-state index >= 15 is 0 Å². The number of methoxy groups -OCH3 is 1. The third-order valence-corrected chi connectivity index (χ3v) is 3.77. The topological polar surface area (TPSA) is 49.8 Å². The number of ether oxygens (including phenoxy) is 1. The van der Waals surface area contributed by atoms with Crippen LogP contribution in [0.15, 0.2) is 72.8 Å². The zero-order valence-electron chi connectivity index (χ0n) is 13.8. The van der Waals surface area contributed by atoms with Gasteiger partial charge in [-0.15, -0.1) is 0 Å². The van der Waals surface area contributed by atoms with Crippen LogP contribution in [0, 0.1) is 0 Å². The molecule has 0 saturated carbocycles. The summed E-state index contributed by atoms with van der Waals surface area (Å²) in [6.45, 7) is 1.27. The molecular formula is C20H23NO3. The number of carbonyl (C=O) groups is 1.